The minimum absolute atomic E-state index is 0.0307. The molecule has 0 aliphatic carbocycles. The highest BCUT2D eigenvalue weighted by Gasteiger charge is 2.30. The van der Waals surface area contributed by atoms with Crippen molar-refractivity contribution in [1.29, 1.82) is 0 Å². The predicted molar refractivity (Wildman–Crippen MR) is 114 cm³/mol. The fraction of sp³-hybridized carbons (Fsp3) is 0.652. The first kappa shape index (κ1) is 23.4. The Morgan fingerprint density at radius 1 is 1.24 bits per heavy atom. The smallest absolute Gasteiger partial charge is 0.320 e. The zero-order chi connectivity index (χ0) is 21.2. The van der Waals surface area contributed by atoms with Gasteiger partial charge in [0.15, 0.2) is 0 Å². The second-order valence-electron chi connectivity index (χ2n) is 8.42. The molecule has 0 unspecified atom stereocenters. The zero-order valence-electron chi connectivity index (χ0n) is 18.0. The zero-order valence-corrected chi connectivity index (χ0v) is 18.0. The van der Waals surface area contributed by atoms with Crippen LogP contribution in [0.5, 0.6) is 0 Å². The van der Waals surface area contributed by atoms with Crippen LogP contribution in [-0.4, -0.2) is 72.7 Å². The molecule has 0 aromatic heterocycles. The van der Waals surface area contributed by atoms with Crippen LogP contribution in [0.3, 0.4) is 0 Å². The van der Waals surface area contributed by atoms with E-state index in [1.54, 1.807) is 12.0 Å². The largest absolute Gasteiger partial charge is 0.391 e. The first-order valence-corrected chi connectivity index (χ1v) is 10.7. The summed E-state index contributed by atoms with van der Waals surface area (Å²) in [5, 5.41) is 10.9. The van der Waals surface area contributed by atoms with Crippen molar-refractivity contribution in [2.75, 3.05) is 33.3 Å². The Balaban J connectivity index is 2.04. The van der Waals surface area contributed by atoms with Crippen molar-refractivity contribution in [2.45, 2.75) is 51.7 Å². The molecule has 29 heavy (non-hydrogen) atoms. The average molecular weight is 405 g/mol. The number of carbonyl (C=O) groups excluding carboxylic acids is 2. The summed E-state index contributed by atoms with van der Waals surface area (Å²) < 4.78 is 5.40. The van der Waals surface area contributed by atoms with Gasteiger partial charge in [-0.25, -0.2) is 4.79 Å². The van der Waals surface area contributed by atoms with Gasteiger partial charge in [0.25, 0.3) is 0 Å². The Morgan fingerprint density at radius 2 is 1.90 bits per heavy atom. The van der Waals surface area contributed by atoms with Crippen molar-refractivity contribution >= 4 is 12.3 Å². The van der Waals surface area contributed by atoms with Crippen LogP contribution < -0.4 is 0 Å². The SMILES string of the molecule is COC1CCN(C(=O)N(CC(C)C)C[C@@H](O)[C@@H](CC=O)Cc2ccccc2)CC1. The van der Waals surface area contributed by atoms with Gasteiger partial charge in [0.05, 0.1) is 12.2 Å². The lowest BCUT2D eigenvalue weighted by molar-refractivity contribution is -0.109. The van der Waals surface area contributed by atoms with E-state index in [2.05, 4.69) is 13.8 Å². The molecule has 0 bridgehead atoms. The number of benzene rings is 1. The number of hydrogen-bond acceptors (Lipinski definition) is 4. The van der Waals surface area contributed by atoms with Gasteiger partial charge in [0.1, 0.15) is 6.29 Å². The lowest BCUT2D eigenvalue weighted by Gasteiger charge is -2.37. The van der Waals surface area contributed by atoms with E-state index in [4.69, 9.17) is 4.74 Å². The highest BCUT2D eigenvalue weighted by molar-refractivity contribution is 5.74. The molecule has 1 aromatic carbocycles. The first-order chi connectivity index (χ1) is 13.9. The number of methoxy groups -OCH3 is 1. The molecule has 6 nitrogen and oxygen atoms in total. The average Bonchev–Trinajstić information content (AvgIpc) is 2.73. The molecule has 1 heterocycles. The van der Waals surface area contributed by atoms with E-state index < -0.39 is 6.10 Å². The van der Waals surface area contributed by atoms with Crippen LogP contribution in [0.2, 0.25) is 0 Å². The molecule has 1 aliphatic rings. The molecule has 2 amide bonds. The monoisotopic (exact) mass is 404 g/mol. The van der Waals surface area contributed by atoms with Crippen LogP contribution in [0, 0.1) is 11.8 Å². The molecule has 1 aliphatic heterocycles. The summed E-state index contributed by atoms with van der Waals surface area (Å²) in [6.45, 7) is 6.30. The number of urea groups is 1. The molecule has 1 aromatic rings. The topological polar surface area (TPSA) is 70.1 Å². The normalized spacial score (nSPS) is 17.2. The van der Waals surface area contributed by atoms with Gasteiger partial charge < -0.3 is 24.4 Å². The fourth-order valence-electron chi connectivity index (χ4n) is 3.95. The van der Waals surface area contributed by atoms with Gasteiger partial charge in [-0.3, -0.25) is 0 Å². The van der Waals surface area contributed by atoms with Crippen molar-refractivity contribution in [3.05, 3.63) is 35.9 Å². The van der Waals surface area contributed by atoms with Gasteiger partial charge in [0, 0.05) is 39.7 Å². The third-order valence-electron chi connectivity index (χ3n) is 5.59. The number of carbonyl (C=O) groups is 2. The number of nitrogens with zero attached hydrogens (tertiary/aromatic N) is 2. The Bertz CT molecular complexity index is 615. The molecule has 6 heteroatoms. The van der Waals surface area contributed by atoms with E-state index in [0.717, 1.165) is 24.7 Å². The number of aliphatic hydroxyl groups excluding tert-OH is 1. The maximum atomic E-state index is 13.1. The highest BCUT2D eigenvalue weighted by atomic mass is 16.5. The van der Waals surface area contributed by atoms with Crippen LogP contribution >= 0.6 is 0 Å². The lowest BCUT2D eigenvalue weighted by Crippen LogP contribution is -2.51. The van der Waals surface area contributed by atoms with E-state index in [0.29, 0.717) is 32.0 Å². The molecule has 1 saturated heterocycles. The van der Waals surface area contributed by atoms with Crippen LogP contribution in [0.25, 0.3) is 0 Å². The molecule has 2 rings (SSSR count). The number of rotatable bonds is 10. The lowest BCUT2D eigenvalue weighted by atomic mass is 9.91. The summed E-state index contributed by atoms with van der Waals surface area (Å²) in [4.78, 5) is 27.9. The summed E-state index contributed by atoms with van der Waals surface area (Å²) in [7, 11) is 1.71. The summed E-state index contributed by atoms with van der Waals surface area (Å²) in [6.07, 6.45) is 2.89. The summed E-state index contributed by atoms with van der Waals surface area (Å²) >= 11 is 0. The molecular formula is C23H36N2O4. The second kappa shape index (κ2) is 11.9. The van der Waals surface area contributed by atoms with E-state index >= 15 is 0 Å². The Labute approximate surface area is 174 Å². The van der Waals surface area contributed by atoms with E-state index in [1.165, 1.54) is 0 Å². The van der Waals surface area contributed by atoms with Crippen LogP contribution in [0.4, 0.5) is 4.79 Å². The molecule has 1 N–H and O–H groups in total. The second-order valence-corrected chi connectivity index (χ2v) is 8.42. The molecule has 0 spiro atoms. The van der Waals surface area contributed by atoms with Crippen molar-refractivity contribution in [3.8, 4) is 0 Å². The van der Waals surface area contributed by atoms with Gasteiger partial charge >= 0.3 is 6.03 Å². The maximum Gasteiger partial charge on any atom is 0.320 e. The van der Waals surface area contributed by atoms with E-state index in [1.807, 2.05) is 35.2 Å². The van der Waals surface area contributed by atoms with E-state index in [9.17, 15) is 14.7 Å². The summed E-state index contributed by atoms with van der Waals surface area (Å²) in [5.41, 5.74) is 1.08. The minimum atomic E-state index is -0.750. The van der Waals surface area contributed by atoms with Gasteiger partial charge in [-0.2, -0.15) is 0 Å². The molecule has 0 radical (unpaired) electrons. The van der Waals surface area contributed by atoms with Crippen LogP contribution in [0.1, 0.15) is 38.7 Å². The van der Waals surface area contributed by atoms with Gasteiger partial charge in [-0.15, -0.1) is 0 Å². The third kappa shape index (κ3) is 7.44. The van der Waals surface area contributed by atoms with Crippen molar-refractivity contribution in [3.63, 3.8) is 0 Å². The number of ether oxygens (including phenoxy) is 1. The fourth-order valence-corrected chi connectivity index (χ4v) is 3.95. The molecule has 1 fully saturated rings. The van der Waals surface area contributed by atoms with E-state index in [-0.39, 0.29) is 31.0 Å². The number of piperidine rings is 1. The molecule has 0 saturated carbocycles. The Morgan fingerprint density at radius 3 is 2.45 bits per heavy atom. The number of aldehydes is 1. The van der Waals surface area contributed by atoms with Crippen molar-refractivity contribution < 1.29 is 19.4 Å². The summed E-state index contributed by atoms with van der Waals surface area (Å²) in [6, 6.07) is 9.83. The highest BCUT2D eigenvalue weighted by Crippen LogP contribution is 2.20. The molecule has 162 valence electrons. The molecular weight excluding hydrogens is 368 g/mol. The van der Waals surface area contributed by atoms with Gasteiger partial charge in [-0.1, -0.05) is 44.2 Å². The third-order valence-corrected chi connectivity index (χ3v) is 5.59. The number of likely N-dealkylation sites (tertiary alicyclic amines) is 1. The summed E-state index contributed by atoms with van der Waals surface area (Å²) in [5.74, 6) is 0.0814. The van der Waals surface area contributed by atoms with Gasteiger partial charge in [0.2, 0.25) is 0 Å². The van der Waals surface area contributed by atoms with Crippen molar-refractivity contribution in [2.24, 2.45) is 11.8 Å². The molecule has 2 atom stereocenters. The number of amides is 2. The Kier molecular flexibility index (Phi) is 9.61. The van der Waals surface area contributed by atoms with Crippen LogP contribution in [0.15, 0.2) is 30.3 Å². The van der Waals surface area contributed by atoms with Crippen LogP contribution in [-0.2, 0) is 16.0 Å². The number of aliphatic hydroxyl groups is 1. The standard InChI is InChI=1S/C23H36N2O4/c1-18(2)16-25(23(28)24-12-9-21(29-3)10-13-24)17-22(27)20(11-14-26)15-19-7-5-4-6-8-19/h4-8,14,18,20-22,27H,9-13,15-17H2,1-3H3/t20-,22+/m0/s1. The van der Waals surface area contributed by atoms with Crippen molar-refractivity contribution in [1.82, 2.24) is 9.80 Å². The maximum absolute atomic E-state index is 13.1. The first-order valence-electron chi connectivity index (χ1n) is 10.7. The van der Waals surface area contributed by atoms with Gasteiger partial charge in [-0.05, 0) is 36.7 Å². The Hall–Kier alpha value is -1.92. The minimum Gasteiger partial charge on any atom is -0.391 e. The number of hydrogen-bond donors (Lipinski definition) is 1. The predicted octanol–water partition coefficient (Wildman–Crippen LogP) is 2.98. The quantitative estimate of drug-likeness (QED) is 0.609.